The first kappa shape index (κ1) is 16.1. The monoisotopic (exact) mass is 347 g/mol. The molecule has 128 valence electrons. The number of hydrogen-bond donors (Lipinski definition) is 1. The molecule has 24 heavy (non-hydrogen) atoms. The smallest absolute Gasteiger partial charge is 0.261 e. The van der Waals surface area contributed by atoms with Gasteiger partial charge in [-0.1, -0.05) is 12.1 Å². The van der Waals surface area contributed by atoms with E-state index < -0.39 is 11.4 Å². The van der Waals surface area contributed by atoms with Crippen LogP contribution < -0.4 is 5.73 Å². The van der Waals surface area contributed by atoms with Gasteiger partial charge in [-0.3, -0.25) is 14.5 Å². The summed E-state index contributed by atoms with van der Waals surface area (Å²) in [5, 5.41) is 0. The van der Waals surface area contributed by atoms with Gasteiger partial charge in [0.1, 0.15) is 5.75 Å². The Morgan fingerprint density at radius 1 is 1.21 bits per heavy atom. The molecule has 1 aromatic carbocycles. The highest BCUT2D eigenvalue weighted by Gasteiger charge is 2.53. The Kier molecular flexibility index (Phi) is 3.91. The summed E-state index contributed by atoms with van der Waals surface area (Å²) in [6.45, 7) is 1.68. The summed E-state index contributed by atoms with van der Waals surface area (Å²) in [6, 6.07) is 7.03. The maximum Gasteiger partial charge on any atom is 0.261 e. The summed E-state index contributed by atoms with van der Waals surface area (Å²) in [7, 11) is 0. The SMILES string of the molecule is NC1CCN([S+]([O-])CCN2C(=O)c3ccccc3C2=O)CC12CC2. The number of piperidine rings is 1. The van der Waals surface area contributed by atoms with Crippen LogP contribution >= 0.6 is 0 Å². The van der Waals surface area contributed by atoms with E-state index in [1.54, 1.807) is 24.3 Å². The Labute approximate surface area is 144 Å². The van der Waals surface area contributed by atoms with Gasteiger partial charge in [0.15, 0.2) is 0 Å². The number of nitrogens with two attached hydrogens (primary N) is 1. The molecule has 2 unspecified atom stereocenters. The zero-order valence-corrected chi connectivity index (χ0v) is 14.3. The third-order valence-electron chi connectivity index (χ3n) is 5.52. The fourth-order valence-corrected chi connectivity index (χ4v) is 5.05. The van der Waals surface area contributed by atoms with Crippen molar-refractivity contribution >= 4 is 23.2 Å². The van der Waals surface area contributed by atoms with E-state index in [0.717, 1.165) is 32.4 Å². The normalized spacial score (nSPS) is 26.8. The van der Waals surface area contributed by atoms with E-state index in [9.17, 15) is 14.1 Å². The molecule has 0 radical (unpaired) electrons. The van der Waals surface area contributed by atoms with E-state index in [-0.39, 0.29) is 35.6 Å². The van der Waals surface area contributed by atoms with Crippen LogP contribution in [-0.2, 0) is 11.4 Å². The zero-order chi connectivity index (χ0) is 16.9. The van der Waals surface area contributed by atoms with Gasteiger partial charge in [-0.2, -0.15) is 0 Å². The molecule has 2 N–H and O–H groups in total. The van der Waals surface area contributed by atoms with Crippen LogP contribution in [0.1, 0.15) is 40.0 Å². The van der Waals surface area contributed by atoms with Gasteiger partial charge < -0.3 is 10.3 Å². The number of carbonyl (C=O) groups is 2. The largest absolute Gasteiger partial charge is 0.598 e. The third kappa shape index (κ3) is 2.56. The molecule has 2 amide bonds. The molecule has 1 aromatic rings. The number of carbonyl (C=O) groups excluding carboxylic acids is 2. The quantitative estimate of drug-likeness (QED) is 0.641. The standard InChI is InChI=1S/C17H21N3O3S/c18-14-5-8-19(11-17(14)6-7-17)24(23)10-9-20-15(21)12-3-1-2-4-13(12)16(20)22/h1-4,14H,5-11,18H2. The van der Waals surface area contributed by atoms with Gasteiger partial charge in [-0.05, 0) is 31.4 Å². The number of hydrogen-bond acceptors (Lipinski definition) is 5. The van der Waals surface area contributed by atoms with Crippen LogP contribution in [-0.4, -0.2) is 57.0 Å². The van der Waals surface area contributed by atoms with Crippen molar-refractivity contribution < 1.29 is 14.1 Å². The fraction of sp³-hybridized carbons (Fsp3) is 0.529. The highest BCUT2D eigenvalue weighted by Crippen LogP contribution is 2.51. The lowest BCUT2D eigenvalue weighted by molar-refractivity contribution is 0.0663. The Balaban J connectivity index is 1.37. The molecule has 2 atom stereocenters. The molecular weight excluding hydrogens is 326 g/mol. The summed E-state index contributed by atoms with van der Waals surface area (Å²) in [6.07, 6.45) is 3.08. The molecule has 7 heteroatoms. The maximum atomic E-state index is 12.6. The van der Waals surface area contributed by atoms with Crippen molar-refractivity contribution in [1.82, 2.24) is 9.21 Å². The molecule has 2 fully saturated rings. The van der Waals surface area contributed by atoms with Crippen molar-refractivity contribution in [2.24, 2.45) is 11.1 Å². The molecule has 1 saturated heterocycles. The fourth-order valence-electron chi connectivity index (χ4n) is 3.74. The molecule has 1 aliphatic carbocycles. The summed E-state index contributed by atoms with van der Waals surface area (Å²) >= 11 is -1.19. The van der Waals surface area contributed by atoms with E-state index in [1.807, 2.05) is 4.31 Å². The van der Waals surface area contributed by atoms with Crippen molar-refractivity contribution in [2.75, 3.05) is 25.4 Å². The molecule has 1 spiro atoms. The van der Waals surface area contributed by atoms with Gasteiger partial charge in [-0.25, -0.2) is 0 Å². The van der Waals surface area contributed by atoms with Crippen LogP contribution in [0.2, 0.25) is 0 Å². The molecule has 4 rings (SSSR count). The molecule has 2 heterocycles. The summed E-state index contributed by atoms with van der Waals surface area (Å²) < 4.78 is 14.6. The average Bonchev–Trinajstić information content (AvgIpc) is 3.32. The van der Waals surface area contributed by atoms with Gasteiger partial charge in [-0.15, -0.1) is 4.31 Å². The minimum Gasteiger partial charge on any atom is -0.598 e. The van der Waals surface area contributed by atoms with Crippen LogP contribution in [0, 0.1) is 5.41 Å². The van der Waals surface area contributed by atoms with Crippen LogP contribution in [0.4, 0.5) is 0 Å². The van der Waals surface area contributed by atoms with Crippen LogP contribution in [0.25, 0.3) is 0 Å². The molecule has 0 aromatic heterocycles. The maximum absolute atomic E-state index is 12.6. The van der Waals surface area contributed by atoms with E-state index in [0.29, 0.717) is 11.1 Å². The second-order valence-electron chi connectivity index (χ2n) is 6.95. The number of benzene rings is 1. The Morgan fingerprint density at radius 3 is 2.42 bits per heavy atom. The van der Waals surface area contributed by atoms with E-state index in [1.165, 1.54) is 4.90 Å². The predicted molar refractivity (Wildman–Crippen MR) is 90.7 cm³/mol. The first-order chi connectivity index (χ1) is 11.5. The lowest BCUT2D eigenvalue weighted by atomic mass is 9.91. The van der Waals surface area contributed by atoms with Gasteiger partial charge in [0.25, 0.3) is 11.8 Å². The summed E-state index contributed by atoms with van der Waals surface area (Å²) in [5.41, 5.74) is 7.21. The number of nitrogens with zero attached hydrogens (tertiary/aromatic N) is 2. The van der Waals surface area contributed by atoms with E-state index >= 15 is 0 Å². The summed E-state index contributed by atoms with van der Waals surface area (Å²) in [4.78, 5) is 25.9. The van der Waals surface area contributed by atoms with Crippen LogP contribution in [0.15, 0.2) is 24.3 Å². The predicted octanol–water partition coefficient (Wildman–Crippen LogP) is 0.760. The highest BCUT2D eigenvalue weighted by molar-refractivity contribution is 7.89. The average molecular weight is 347 g/mol. The number of amides is 2. The molecule has 0 bridgehead atoms. The van der Waals surface area contributed by atoms with Crippen LogP contribution in [0.3, 0.4) is 0 Å². The first-order valence-electron chi connectivity index (χ1n) is 8.36. The van der Waals surface area contributed by atoms with Crippen molar-refractivity contribution in [2.45, 2.75) is 25.3 Å². The lowest BCUT2D eigenvalue weighted by Gasteiger charge is -2.36. The topological polar surface area (TPSA) is 89.7 Å². The van der Waals surface area contributed by atoms with Gasteiger partial charge >= 0.3 is 0 Å². The van der Waals surface area contributed by atoms with E-state index in [2.05, 4.69) is 0 Å². The molecule has 3 aliphatic rings. The molecule has 6 nitrogen and oxygen atoms in total. The van der Waals surface area contributed by atoms with Crippen LogP contribution in [0.5, 0.6) is 0 Å². The molecule has 2 aliphatic heterocycles. The molecular formula is C17H21N3O3S. The van der Waals surface area contributed by atoms with Gasteiger partial charge in [0.05, 0.1) is 24.2 Å². The highest BCUT2D eigenvalue weighted by atomic mass is 32.2. The lowest BCUT2D eigenvalue weighted by Crippen LogP contribution is -2.51. The number of rotatable bonds is 4. The zero-order valence-electron chi connectivity index (χ0n) is 13.4. The Hall–Kier alpha value is -1.41. The third-order valence-corrected chi connectivity index (χ3v) is 6.93. The van der Waals surface area contributed by atoms with E-state index in [4.69, 9.17) is 5.73 Å². The van der Waals surface area contributed by atoms with Gasteiger partial charge in [0, 0.05) is 29.4 Å². The number of imide groups is 1. The molecule has 1 saturated carbocycles. The first-order valence-corrected chi connectivity index (χ1v) is 9.64. The Morgan fingerprint density at radius 2 is 1.83 bits per heavy atom. The van der Waals surface area contributed by atoms with Crippen molar-refractivity contribution in [3.63, 3.8) is 0 Å². The Bertz CT molecular complexity index is 656. The van der Waals surface area contributed by atoms with Crippen molar-refractivity contribution in [1.29, 1.82) is 0 Å². The minimum atomic E-state index is -1.19. The van der Waals surface area contributed by atoms with Gasteiger partial charge in [0.2, 0.25) is 0 Å². The second kappa shape index (κ2) is 5.84. The van der Waals surface area contributed by atoms with Crippen molar-refractivity contribution in [3.05, 3.63) is 35.4 Å². The summed E-state index contributed by atoms with van der Waals surface area (Å²) in [5.74, 6) is -0.282. The number of fused-ring (bicyclic) bond motifs is 1. The minimum absolute atomic E-state index is 0.156. The van der Waals surface area contributed by atoms with Crippen molar-refractivity contribution in [3.8, 4) is 0 Å². The second-order valence-corrected chi connectivity index (χ2v) is 8.52.